The van der Waals surface area contributed by atoms with Gasteiger partial charge in [0, 0.05) is 11.6 Å². The highest BCUT2D eigenvalue weighted by molar-refractivity contribution is 5.69. The number of methoxy groups -OCH3 is 1. The van der Waals surface area contributed by atoms with Crippen LogP contribution in [0.25, 0.3) is 11.1 Å². The molecule has 3 rings (SSSR count). The van der Waals surface area contributed by atoms with Gasteiger partial charge in [0.2, 0.25) is 0 Å². The van der Waals surface area contributed by atoms with Gasteiger partial charge in [-0.05, 0) is 61.6 Å². The monoisotopic (exact) mass is 271 g/mol. The molecule has 1 aliphatic rings. The van der Waals surface area contributed by atoms with E-state index in [1.807, 2.05) is 6.07 Å². The predicted octanol–water partition coefficient (Wildman–Crippen LogP) is 3.82. The van der Waals surface area contributed by atoms with Gasteiger partial charge >= 0.3 is 0 Å². The fourth-order valence-corrected chi connectivity index (χ4v) is 2.69. The van der Waals surface area contributed by atoms with Crippen molar-refractivity contribution in [2.24, 2.45) is 0 Å². The third-order valence-corrected chi connectivity index (χ3v) is 3.85. The Bertz CT molecular complexity index is 588. The first-order valence-corrected chi connectivity index (χ1v) is 7.14. The Balaban J connectivity index is 1.90. The fraction of sp³-hybridized carbons (Fsp3) is 0.412. The molecule has 3 nitrogen and oxygen atoms in total. The van der Waals surface area contributed by atoms with Gasteiger partial charge in [-0.2, -0.15) is 0 Å². The van der Waals surface area contributed by atoms with Gasteiger partial charge in [-0.15, -0.1) is 0 Å². The number of nitrogens with one attached hydrogen (secondary N) is 1. The number of aryl methyl sites for hydroxylation is 2. The number of hydrogen-bond acceptors (Lipinski definition) is 3. The quantitative estimate of drug-likeness (QED) is 0.897. The molecule has 1 aromatic carbocycles. The van der Waals surface area contributed by atoms with E-state index in [9.17, 15) is 0 Å². The van der Waals surface area contributed by atoms with Gasteiger partial charge in [0.15, 0.2) is 0 Å². The highest BCUT2D eigenvalue weighted by Gasteiger charge is 2.21. The van der Waals surface area contributed by atoms with Crippen LogP contribution in [-0.2, 0) is 6.54 Å². The van der Waals surface area contributed by atoms with Gasteiger partial charge in [-0.3, -0.25) is 0 Å². The summed E-state index contributed by atoms with van der Waals surface area (Å²) < 4.78 is 11.1. The van der Waals surface area contributed by atoms with Gasteiger partial charge in [0.1, 0.15) is 11.5 Å². The summed E-state index contributed by atoms with van der Waals surface area (Å²) in [6.07, 6.45) is 4.35. The molecule has 0 saturated heterocycles. The molecule has 0 aliphatic heterocycles. The smallest absolute Gasteiger partial charge is 0.125 e. The molecule has 1 aromatic heterocycles. The largest absolute Gasteiger partial charge is 0.496 e. The maximum Gasteiger partial charge on any atom is 0.125 e. The van der Waals surface area contributed by atoms with E-state index < -0.39 is 0 Å². The number of ether oxygens (including phenoxy) is 1. The van der Waals surface area contributed by atoms with Crippen LogP contribution in [0, 0.1) is 13.8 Å². The van der Waals surface area contributed by atoms with Crippen LogP contribution >= 0.6 is 0 Å². The molecule has 1 N–H and O–H groups in total. The van der Waals surface area contributed by atoms with E-state index in [4.69, 9.17) is 9.15 Å². The maximum absolute atomic E-state index is 5.64. The van der Waals surface area contributed by atoms with Crippen molar-refractivity contribution in [1.82, 2.24) is 5.32 Å². The number of hydrogen-bond donors (Lipinski definition) is 1. The summed E-state index contributed by atoms with van der Waals surface area (Å²) in [6.45, 7) is 4.96. The average molecular weight is 271 g/mol. The second-order valence-electron chi connectivity index (χ2n) is 5.56. The Kier molecular flexibility index (Phi) is 3.53. The zero-order valence-corrected chi connectivity index (χ0v) is 12.3. The lowest BCUT2D eigenvalue weighted by Crippen LogP contribution is -2.15. The summed E-state index contributed by atoms with van der Waals surface area (Å²) in [7, 11) is 1.72. The summed E-state index contributed by atoms with van der Waals surface area (Å²) in [5.74, 6) is 1.98. The van der Waals surface area contributed by atoms with Crippen molar-refractivity contribution in [3.8, 4) is 16.9 Å². The minimum atomic E-state index is 0.687. The van der Waals surface area contributed by atoms with Gasteiger partial charge in [-0.1, -0.05) is 0 Å². The molecular formula is C17H21NO2. The predicted molar refractivity (Wildman–Crippen MR) is 80.0 cm³/mol. The van der Waals surface area contributed by atoms with Crippen molar-refractivity contribution in [2.45, 2.75) is 39.3 Å². The summed E-state index contributed by atoms with van der Waals surface area (Å²) in [4.78, 5) is 0. The number of benzene rings is 1. The maximum atomic E-state index is 5.64. The minimum Gasteiger partial charge on any atom is -0.496 e. The lowest BCUT2D eigenvalue weighted by atomic mass is 10.00. The van der Waals surface area contributed by atoms with Crippen LogP contribution in [0.2, 0.25) is 0 Å². The van der Waals surface area contributed by atoms with Crippen molar-refractivity contribution in [2.75, 3.05) is 7.11 Å². The molecule has 20 heavy (non-hydrogen) atoms. The normalized spacial score (nSPS) is 14.6. The van der Waals surface area contributed by atoms with Gasteiger partial charge < -0.3 is 14.5 Å². The zero-order chi connectivity index (χ0) is 14.1. The van der Waals surface area contributed by atoms with E-state index in [2.05, 4.69) is 31.3 Å². The SMILES string of the molecule is COc1c(C)cc(-c2ccoc2CNC2CC2)cc1C. The first-order chi connectivity index (χ1) is 9.69. The molecule has 0 unspecified atom stereocenters. The van der Waals surface area contributed by atoms with Crippen molar-refractivity contribution in [3.63, 3.8) is 0 Å². The molecule has 106 valence electrons. The molecule has 0 bridgehead atoms. The van der Waals surface area contributed by atoms with Gasteiger partial charge in [-0.25, -0.2) is 0 Å². The van der Waals surface area contributed by atoms with Crippen LogP contribution in [0.5, 0.6) is 5.75 Å². The minimum absolute atomic E-state index is 0.687. The molecule has 0 atom stereocenters. The van der Waals surface area contributed by atoms with E-state index in [1.54, 1.807) is 13.4 Å². The first kappa shape index (κ1) is 13.3. The second-order valence-corrected chi connectivity index (χ2v) is 5.56. The summed E-state index contributed by atoms with van der Waals surface area (Å²) in [5.41, 5.74) is 4.68. The van der Waals surface area contributed by atoms with Gasteiger partial charge in [0.25, 0.3) is 0 Å². The van der Waals surface area contributed by atoms with E-state index in [0.29, 0.717) is 6.04 Å². The van der Waals surface area contributed by atoms with Crippen molar-refractivity contribution >= 4 is 0 Å². The molecule has 0 spiro atoms. The number of rotatable bonds is 5. The first-order valence-electron chi connectivity index (χ1n) is 7.14. The Morgan fingerprint density at radius 1 is 1.25 bits per heavy atom. The molecule has 3 heteroatoms. The molecule has 0 amide bonds. The van der Waals surface area contributed by atoms with Gasteiger partial charge in [0.05, 0.1) is 19.9 Å². The van der Waals surface area contributed by atoms with E-state index in [1.165, 1.54) is 24.0 Å². The standard InChI is InChI=1S/C17H21NO2/c1-11-8-13(9-12(2)17(11)19-3)15-6-7-20-16(15)10-18-14-4-5-14/h6-9,14,18H,4-5,10H2,1-3H3. The van der Waals surface area contributed by atoms with E-state index in [-0.39, 0.29) is 0 Å². The van der Waals surface area contributed by atoms with Crippen molar-refractivity contribution < 1.29 is 9.15 Å². The summed E-state index contributed by atoms with van der Waals surface area (Å²) >= 11 is 0. The molecule has 1 heterocycles. The van der Waals surface area contributed by atoms with Crippen molar-refractivity contribution in [1.29, 1.82) is 0 Å². The van der Waals surface area contributed by atoms with Crippen LogP contribution in [0.15, 0.2) is 28.9 Å². The Hall–Kier alpha value is -1.74. The molecule has 2 aromatic rings. The highest BCUT2D eigenvalue weighted by atomic mass is 16.5. The van der Waals surface area contributed by atoms with Crippen molar-refractivity contribution in [3.05, 3.63) is 41.3 Å². The average Bonchev–Trinajstić information content (AvgIpc) is 3.13. The molecule has 0 radical (unpaired) electrons. The topological polar surface area (TPSA) is 34.4 Å². The highest BCUT2D eigenvalue weighted by Crippen LogP contribution is 2.32. The second kappa shape index (κ2) is 5.33. The molecule has 1 aliphatic carbocycles. The molecule has 1 fully saturated rings. The van der Waals surface area contributed by atoms with E-state index >= 15 is 0 Å². The van der Waals surface area contributed by atoms with Crippen LogP contribution in [0.4, 0.5) is 0 Å². The van der Waals surface area contributed by atoms with Crippen LogP contribution in [0.1, 0.15) is 29.7 Å². The molecule has 1 saturated carbocycles. The van der Waals surface area contributed by atoms with Crippen LogP contribution in [-0.4, -0.2) is 13.2 Å². The molecular weight excluding hydrogens is 250 g/mol. The van der Waals surface area contributed by atoms with Crippen LogP contribution < -0.4 is 10.1 Å². The number of furan rings is 1. The zero-order valence-electron chi connectivity index (χ0n) is 12.3. The third kappa shape index (κ3) is 2.59. The van der Waals surface area contributed by atoms with Crippen LogP contribution in [0.3, 0.4) is 0 Å². The fourth-order valence-electron chi connectivity index (χ4n) is 2.69. The summed E-state index contributed by atoms with van der Waals surface area (Å²) in [6, 6.07) is 7.06. The Morgan fingerprint density at radius 3 is 2.55 bits per heavy atom. The Labute approximate surface area is 119 Å². The van der Waals surface area contributed by atoms with E-state index in [0.717, 1.165) is 29.2 Å². The lowest BCUT2D eigenvalue weighted by molar-refractivity contribution is 0.408. The third-order valence-electron chi connectivity index (χ3n) is 3.85. The lowest BCUT2D eigenvalue weighted by Gasteiger charge is -2.11. The Morgan fingerprint density at radius 2 is 1.95 bits per heavy atom. The summed E-state index contributed by atoms with van der Waals surface area (Å²) in [5, 5.41) is 3.50.